The van der Waals surface area contributed by atoms with Crippen LogP contribution in [0.3, 0.4) is 0 Å². The first kappa shape index (κ1) is 14.4. The smallest absolute Gasteiger partial charge is 0.141 e. The van der Waals surface area contributed by atoms with Crippen LogP contribution in [0.5, 0.6) is 5.75 Å². The molecule has 2 aromatic rings. The number of likely N-dealkylation sites (N-methyl/N-ethyl adjacent to an activating group) is 1. The Labute approximate surface area is 116 Å². The molecule has 1 aromatic carbocycles. The topological polar surface area (TPSA) is 34.2 Å². The zero-order valence-electron chi connectivity index (χ0n) is 11.4. The van der Waals surface area contributed by atoms with Crippen molar-refractivity contribution >= 4 is 0 Å². The Kier molecular flexibility index (Phi) is 4.63. The maximum atomic E-state index is 13.7. The van der Waals surface area contributed by atoms with E-state index < -0.39 is 11.6 Å². The van der Waals surface area contributed by atoms with E-state index >= 15 is 0 Å². The van der Waals surface area contributed by atoms with Gasteiger partial charge in [0.2, 0.25) is 0 Å². The minimum absolute atomic E-state index is 0.0413. The second-order valence-corrected chi connectivity index (χ2v) is 4.34. The van der Waals surface area contributed by atoms with Crippen molar-refractivity contribution in [3.63, 3.8) is 0 Å². The number of benzene rings is 1. The lowest BCUT2D eigenvalue weighted by Crippen LogP contribution is -2.21. The summed E-state index contributed by atoms with van der Waals surface area (Å²) in [5.74, 6) is -0.524. The third-order valence-corrected chi connectivity index (χ3v) is 3.17. The van der Waals surface area contributed by atoms with Crippen LogP contribution < -0.4 is 10.1 Å². The SMILES string of the molecule is CNC(Cc1c(F)cccc1F)c1ncccc1OC. The molecule has 3 nitrogen and oxygen atoms in total. The van der Waals surface area contributed by atoms with Gasteiger partial charge in [0.15, 0.2) is 0 Å². The summed E-state index contributed by atoms with van der Waals surface area (Å²) in [6.07, 6.45) is 1.78. The monoisotopic (exact) mass is 278 g/mol. The van der Waals surface area contributed by atoms with Gasteiger partial charge in [0, 0.05) is 11.8 Å². The van der Waals surface area contributed by atoms with E-state index in [1.807, 2.05) is 0 Å². The van der Waals surface area contributed by atoms with Crippen LogP contribution in [-0.2, 0) is 6.42 Å². The summed E-state index contributed by atoms with van der Waals surface area (Å²) in [6.45, 7) is 0. The molecule has 1 heterocycles. The van der Waals surface area contributed by atoms with Crippen molar-refractivity contribution in [1.29, 1.82) is 0 Å². The maximum absolute atomic E-state index is 13.7. The Morgan fingerprint density at radius 2 is 1.90 bits per heavy atom. The fourth-order valence-corrected chi connectivity index (χ4v) is 2.10. The van der Waals surface area contributed by atoms with E-state index in [1.54, 1.807) is 25.4 Å². The van der Waals surface area contributed by atoms with Gasteiger partial charge < -0.3 is 10.1 Å². The van der Waals surface area contributed by atoms with Crippen molar-refractivity contribution in [3.05, 3.63) is 59.4 Å². The van der Waals surface area contributed by atoms with Gasteiger partial charge in [-0.1, -0.05) is 6.07 Å². The highest BCUT2D eigenvalue weighted by molar-refractivity contribution is 5.31. The molecule has 1 unspecified atom stereocenters. The number of rotatable bonds is 5. The maximum Gasteiger partial charge on any atom is 0.141 e. The summed E-state index contributed by atoms with van der Waals surface area (Å²) >= 11 is 0. The number of nitrogens with zero attached hydrogens (tertiary/aromatic N) is 1. The molecule has 2 rings (SSSR count). The third kappa shape index (κ3) is 2.93. The lowest BCUT2D eigenvalue weighted by atomic mass is 10.0. The van der Waals surface area contributed by atoms with Crippen molar-refractivity contribution in [2.45, 2.75) is 12.5 Å². The van der Waals surface area contributed by atoms with Crippen molar-refractivity contribution in [1.82, 2.24) is 10.3 Å². The van der Waals surface area contributed by atoms with Gasteiger partial charge >= 0.3 is 0 Å². The van der Waals surface area contributed by atoms with Gasteiger partial charge in [-0.3, -0.25) is 4.98 Å². The van der Waals surface area contributed by atoms with Gasteiger partial charge in [-0.2, -0.15) is 0 Å². The number of hydrogen-bond donors (Lipinski definition) is 1. The van der Waals surface area contributed by atoms with Crippen LogP contribution in [-0.4, -0.2) is 19.1 Å². The van der Waals surface area contributed by atoms with E-state index in [0.29, 0.717) is 11.4 Å². The summed E-state index contributed by atoms with van der Waals surface area (Å²) in [4.78, 5) is 4.24. The molecule has 1 atom stereocenters. The molecule has 0 saturated heterocycles. The molecule has 5 heteroatoms. The second kappa shape index (κ2) is 6.43. The van der Waals surface area contributed by atoms with Crippen LogP contribution in [0, 0.1) is 11.6 Å². The summed E-state index contributed by atoms with van der Waals surface area (Å²) in [7, 11) is 3.26. The highest BCUT2D eigenvalue weighted by Crippen LogP contribution is 2.26. The van der Waals surface area contributed by atoms with E-state index in [4.69, 9.17) is 4.74 Å². The largest absolute Gasteiger partial charge is 0.495 e. The molecule has 0 saturated carbocycles. The van der Waals surface area contributed by atoms with E-state index in [1.165, 1.54) is 25.3 Å². The number of pyridine rings is 1. The zero-order valence-corrected chi connectivity index (χ0v) is 11.4. The Morgan fingerprint density at radius 1 is 1.20 bits per heavy atom. The van der Waals surface area contributed by atoms with Gasteiger partial charge in [0.25, 0.3) is 0 Å². The van der Waals surface area contributed by atoms with Crippen LogP contribution >= 0.6 is 0 Å². The van der Waals surface area contributed by atoms with Crippen LogP contribution in [0.4, 0.5) is 8.78 Å². The van der Waals surface area contributed by atoms with Crippen LogP contribution in [0.2, 0.25) is 0 Å². The van der Waals surface area contributed by atoms with E-state index in [0.717, 1.165) is 0 Å². The van der Waals surface area contributed by atoms with Crippen molar-refractivity contribution < 1.29 is 13.5 Å². The van der Waals surface area contributed by atoms with E-state index in [9.17, 15) is 8.78 Å². The summed E-state index contributed by atoms with van der Waals surface area (Å²) in [5.41, 5.74) is 0.666. The molecule has 0 aliphatic heterocycles. The first-order chi connectivity index (χ1) is 9.67. The number of hydrogen-bond acceptors (Lipinski definition) is 3. The average molecular weight is 278 g/mol. The standard InChI is InChI=1S/C15H16F2N2O/c1-18-13(15-14(20-2)7-4-8-19-15)9-10-11(16)5-3-6-12(10)17/h3-8,13,18H,9H2,1-2H3. The van der Waals surface area contributed by atoms with Gasteiger partial charge in [-0.05, 0) is 37.7 Å². The first-order valence-corrected chi connectivity index (χ1v) is 6.26. The van der Waals surface area contributed by atoms with Crippen molar-refractivity contribution in [3.8, 4) is 5.75 Å². The lowest BCUT2D eigenvalue weighted by Gasteiger charge is -2.18. The zero-order chi connectivity index (χ0) is 14.5. The Balaban J connectivity index is 2.34. The lowest BCUT2D eigenvalue weighted by molar-refractivity contribution is 0.395. The number of ether oxygens (including phenoxy) is 1. The van der Waals surface area contributed by atoms with E-state index in [2.05, 4.69) is 10.3 Å². The Hall–Kier alpha value is -2.01. The second-order valence-electron chi connectivity index (χ2n) is 4.34. The fourth-order valence-electron chi connectivity index (χ4n) is 2.10. The molecule has 0 spiro atoms. The summed E-state index contributed by atoms with van der Waals surface area (Å²) in [6, 6.07) is 7.03. The molecule has 106 valence electrons. The molecule has 0 aliphatic carbocycles. The van der Waals surface area contributed by atoms with Crippen molar-refractivity contribution in [2.24, 2.45) is 0 Å². The van der Waals surface area contributed by atoms with Gasteiger partial charge in [-0.25, -0.2) is 8.78 Å². The predicted octanol–water partition coefficient (Wildman–Crippen LogP) is 2.87. The molecule has 1 aromatic heterocycles. The number of halogens is 2. The highest BCUT2D eigenvalue weighted by Gasteiger charge is 2.20. The first-order valence-electron chi connectivity index (χ1n) is 6.26. The van der Waals surface area contributed by atoms with Gasteiger partial charge in [0.05, 0.1) is 18.8 Å². The Bertz CT molecular complexity index is 570. The van der Waals surface area contributed by atoms with Crippen LogP contribution in [0.25, 0.3) is 0 Å². The molecule has 0 radical (unpaired) electrons. The molecule has 0 amide bonds. The Morgan fingerprint density at radius 3 is 2.50 bits per heavy atom. The predicted molar refractivity (Wildman–Crippen MR) is 72.7 cm³/mol. The molecular formula is C15H16F2N2O. The average Bonchev–Trinajstić information content (AvgIpc) is 2.47. The molecule has 0 fully saturated rings. The third-order valence-electron chi connectivity index (χ3n) is 3.17. The molecule has 1 N–H and O–H groups in total. The molecule has 0 aliphatic rings. The molecular weight excluding hydrogens is 262 g/mol. The van der Waals surface area contributed by atoms with E-state index in [-0.39, 0.29) is 18.0 Å². The number of nitrogens with one attached hydrogen (secondary N) is 1. The van der Waals surface area contributed by atoms with Gasteiger partial charge in [0.1, 0.15) is 17.4 Å². The minimum atomic E-state index is -0.555. The quantitative estimate of drug-likeness (QED) is 0.913. The fraction of sp³-hybridized carbons (Fsp3) is 0.267. The number of aromatic nitrogens is 1. The summed E-state index contributed by atoms with van der Waals surface area (Å²) in [5, 5.41) is 3.02. The molecule has 0 bridgehead atoms. The molecule has 20 heavy (non-hydrogen) atoms. The highest BCUT2D eigenvalue weighted by atomic mass is 19.1. The normalized spacial score (nSPS) is 12.2. The summed E-state index contributed by atoms with van der Waals surface area (Å²) < 4.78 is 32.7. The van der Waals surface area contributed by atoms with Crippen LogP contribution in [0.15, 0.2) is 36.5 Å². The van der Waals surface area contributed by atoms with Crippen LogP contribution in [0.1, 0.15) is 17.3 Å². The minimum Gasteiger partial charge on any atom is -0.495 e. The van der Waals surface area contributed by atoms with Gasteiger partial charge in [-0.15, -0.1) is 0 Å². The van der Waals surface area contributed by atoms with Crippen molar-refractivity contribution in [2.75, 3.05) is 14.2 Å². The number of methoxy groups -OCH3 is 1.